The summed E-state index contributed by atoms with van der Waals surface area (Å²) < 4.78 is 1.88. The van der Waals surface area contributed by atoms with Crippen LogP contribution in [-0.4, -0.2) is 45.8 Å². The highest BCUT2D eigenvalue weighted by molar-refractivity contribution is 5.97. The second-order valence-electron chi connectivity index (χ2n) is 7.30. The van der Waals surface area contributed by atoms with Gasteiger partial charge in [-0.15, -0.1) is 0 Å². The number of nitrogens with one attached hydrogen (secondary N) is 1. The Balaban J connectivity index is 1.47. The molecule has 3 amide bonds. The maximum absolute atomic E-state index is 12.9. The number of hydrogen-bond donors (Lipinski definition) is 1. The van der Waals surface area contributed by atoms with Crippen molar-refractivity contribution in [2.75, 3.05) is 23.3 Å². The topological polar surface area (TPSA) is 70.5 Å². The zero-order valence-corrected chi connectivity index (χ0v) is 15.6. The Morgan fingerprint density at radius 1 is 1.30 bits per heavy atom. The average molecular weight is 367 g/mol. The van der Waals surface area contributed by atoms with Crippen LogP contribution < -0.4 is 10.2 Å². The lowest BCUT2D eigenvalue weighted by atomic mass is 10.1. The van der Waals surface area contributed by atoms with Gasteiger partial charge in [0.1, 0.15) is 0 Å². The van der Waals surface area contributed by atoms with Gasteiger partial charge in [-0.05, 0) is 49.9 Å². The van der Waals surface area contributed by atoms with Crippen LogP contribution in [0.3, 0.4) is 0 Å². The van der Waals surface area contributed by atoms with Crippen LogP contribution in [0.1, 0.15) is 31.2 Å². The maximum atomic E-state index is 12.9. The Morgan fingerprint density at radius 2 is 2.19 bits per heavy atom. The minimum atomic E-state index is -0.0855. The van der Waals surface area contributed by atoms with Gasteiger partial charge in [-0.3, -0.25) is 9.48 Å². The van der Waals surface area contributed by atoms with Crippen molar-refractivity contribution in [1.29, 1.82) is 0 Å². The summed E-state index contributed by atoms with van der Waals surface area (Å²) in [4.78, 5) is 28.6. The van der Waals surface area contributed by atoms with E-state index in [4.69, 9.17) is 0 Å². The number of nitrogens with zero attached hydrogens (tertiary/aromatic N) is 4. The number of likely N-dealkylation sites (tertiary alicyclic amines) is 1. The Labute approximate surface area is 158 Å². The van der Waals surface area contributed by atoms with Gasteiger partial charge >= 0.3 is 6.03 Å². The van der Waals surface area contributed by atoms with E-state index in [0.29, 0.717) is 13.0 Å². The van der Waals surface area contributed by atoms with Gasteiger partial charge in [0.15, 0.2) is 0 Å². The van der Waals surface area contributed by atoms with Crippen molar-refractivity contribution in [3.05, 3.63) is 42.2 Å². The van der Waals surface area contributed by atoms with Crippen molar-refractivity contribution in [2.24, 2.45) is 0 Å². The van der Waals surface area contributed by atoms with Crippen molar-refractivity contribution in [2.45, 2.75) is 45.2 Å². The first kappa shape index (κ1) is 17.6. The molecular formula is C20H25N5O2. The van der Waals surface area contributed by atoms with Crippen LogP contribution >= 0.6 is 0 Å². The van der Waals surface area contributed by atoms with Crippen molar-refractivity contribution >= 4 is 23.3 Å². The van der Waals surface area contributed by atoms with Crippen LogP contribution in [0, 0.1) is 6.92 Å². The molecule has 4 rings (SSSR count). The average Bonchev–Trinajstić information content (AvgIpc) is 3.40. The van der Waals surface area contributed by atoms with Gasteiger partial charge in [-0.2, -0.15) is 5.10 Å². The molecule has 1 aromatic carbocycles. The van der Waals surface area contributed by atoms with Gasteiger partial charge in [0.2, 0.25) is 5.91 Å². The summed E-state index contributed by atoms with van der Waals surface area (Å²) in [7, 11) is 0. The molecule has 0 saturated carbocycles. The molecule has 2 fully saturated rings. The highest BCUT2D eigenvalue weighted by Gasteiger charge is 2.29. The van der Waals surface area contributed by atoms with Crippen LogP contribution in [0.2, 0.25) is 0 Å². The molecule has 7 nitrogen and oxygen atoms in total. The molecule has 2 aliphatic rings. The molecule has 7 heteroatoms. The van der Waals surface area contributed by atoms with E-state index in [1.807, 2.05) is 47.0 Å². The van der Waals surface area contributed by atoms with E-state index in [0.717, 1.165) is 49.3 Å². The number of aromatic nitrogens is 2. The maximum Gasteiger partial charge on any atom is 0.322 e. The van der Waals surface area contributed by atoms with E-state index in [1.54, 1.807) is 11.1 Å². The molecule has 0 unspecified atom stereocenters. The lowest BCUT2D eigenvalue weighted by Crippen LogP contribution is -2.41. The van der Waals surface area contributed by atoms with Gasteiger partial charge in [-0.25, -0.2) is 4.79 Å². The quantitative estimate of drug-likeness (QED) is 0.903. The highest BCUT2D eigenvalue weighted by atomic mass is 16.2. The Hall–Kier alpha value is -2.83. The number of amides is 3. The molecule has 3 heterocycles. The van der Waals surface area contributed by atoms with Gasteiger partial charge in [0.25, 0.3) is 0 Å². The van der Waals surface area contributed by atoms with Crippen LogP contribution in [0.25, 0.3) is 0 Å². The highest BCUT2D eigenvalue weighted by Crippen LogP contribution is 2.28. The molecule has 1 atom stereocenters. The number of hydrogen-bond acceptors (Lipinski definition) is 3. The number of carbonyl (C=O) groups excluding carboxylic acids is 2. The van der Waals surface area contributed by atoms with E-state index in [2.05, 4.69) is 10.4 Å². The second kappa shape index (κ2) is 7.42. The predicted molar refractivity (Wildman–Crippen MR) is 104 cm³/mol. The van der Waals surface area contributed by atoms with Crippen LogP contribution in [0.5, 0.6) is 0 Å². The number of urea groups is 1. The largest absolute Gasteiger partial charge is 0.322 e. The van der Waals surface area contributed by atoms with E-state index in [1.165, 1.54) is 0 Å². The van der Waals surface area contributed by atoms with Crippen molar-refractivity contribution in [3.8, 4) is 0 Å². The number of rotatable bonds is 4. The van der Waals surface area contributed by atoms with E-state index >= 15 is 0 Å². The summed E-state index contributed by atoms with van der Waals surface area (Å²) >= 11 is 0. The molecule has 0 radical (unpaired) electrons. The third-order valence-electron chi connectivity index (χ3n) is 5.44. The Morgan fingerprint density at radius 3 is 2.93 bits per heavy atom. The fourth-order valence-electron chi connectivity index (χ4n) is 3.94. The van der Waals surface area contributed by atoms with E-state index in [9.17, 15) is 9.59 Å². The molecular weight excluding hydrogens is 342 g/mol. The van der Waals surface area contributed by atoms with Crippen LogP contribution in [0.15, 0.2) is 36.7 Å². The summed E-state index contributed by atoms with van der Waals surface area (Å²) in [5.41, 5.74) is 2.61. The third kappa shape index (κ3) is 3.67. The minimum Gasteiger partial charge on any atom is -0.320 e. The summed E-state index contributed by atoms with van der Waals surface area (Å²) in [5.74, 6) is 0.148. The summed E-state index contributed by atoms with van der Waals surface area (Å²) in [6, 6.07) is 7.78. The summed E-state index contributed by atoms with van der Waals surface area (Å²) in [6.45, 7) is 4.17. The molecule has 1 aromatic heterocycles. The van der Waals surface area contributed by atoms with Gasteiger partial charge in [0, 0.05) is 43.3 Å². The number of benzene rings is 1. The Bertz CT molecular complexity index is 833. The van der Waals surface area contributed by atoms with Crippen LogP contribution in [0.4, 0.5) is 16.2 Å². The van der Waals surface area contributed by atoms with Crippen LogP contribution in [-0.2, 0) is 11.3 Å². The monoisotopic (exact) mass is 367 g/mol. The zero-order chi connectivity index (χ0) is 18.8. The van der Waals surface area contributed by atoms with Crippen molar-refractivity contribution in [3.63, 3.8) is 0 Å². The molecule has 0 bridgehead atoms. The van der Waals surface area contributed by atoms with Gasteiger partial charge < -0.3 is 15.1 Å². The van der Waals surface area contributed by atoms with E-state index < -0.39 is 0 Å². The lowest BCUT2D eigenvalue weighted by Gasteiger charge is -2.26. The smallest absolute Gasteiger partial charge is 0.320 e. The fourth-order valence-corrected chi connectivity index (χ4v) is 3.94. The van der Waals surface area contributed by atoms with Crippen molar-refractivity contribution in [1.82, 2.24) is 14.7 Å². The molecule has 2 aliphatic heterocycles. The molecule has 1 N–H and O–H groups in total. The molecule has 27 heavy (non-hydrogen) atoms. The first-order valence-electron chi connectivity index (χ1n) is 9.58. The molecule has 0 aliphatic carbocycles. The Kier molecular flexibility index (Phi) is 4.83. The van der Waals surface area contributed by atoms with Gasteiger partial charge in [-0.1, -0.05) is 6.07 Å². The number of aryl methyl sites for hydroxylation is 1. The summed E-state index contributed by atoms with van der Waals surface area (Å²) in [6.07, 6.45) is 7.15. The second-order valence-corrected chi connectivity index (χ2v) is 7.30. The molecule has 142 valence electrons. The normalized spacial score (nSPS) is 19.7. The molecule has 2 aromatic rings. The first-order chi connectivity index (χ1) is 13.1. The van der Waals surface area contributed by atoms with E-state index in [-0.39, 0.29) is 18.0 Å². The van der Waals surface area contributed by atoms with Gasteiger partial charge in [0.05, 0.1) is 12.6 Å². The molecule has 0 spiro atoms. The predicted octanol–water partition coefficient (Wildman–Crippen LogP) is 3.01. The SMILES string of the molecule is Cc1ccc(N2CCCC2=O)cc1NC(=O)N1CCC[C@H]1Cn1cccn1. The number of anilines is 2. The summed E-state index contributed by atoms with van der Waals surface area (Å²) in [5, 5.41) is 7.32. The first-order valence-corrected chi connectivity index (χ1v) is 9.58. The number of carbonyl (C=O) groups is 2. The lowest BCUT2D eigenvalue weighted by molar-refractivity contribution is -0.117. The van der Waals surface area contributed by atoms with Crippen molar-refractivity contribution < 1.29 is 9.59 Å². The third-order valence-corrected chi connectivity index (χ3v) is 5.44. The fraction of sp³-hybridized carbons (Fsp3) is 0.450. The molecule has 2 saturated heterocycles. The minimum absolute atomic E-state index is 0.0855. The standard InChI is InChI=1S/C20H25N5O2/c1-15-7-8-16(24-11-3-6-19(24)26)13-18(15)22-20(27)25-12-2-5-17(25)14-23-10-4-9-21-23/h4,7-10,13,17H,2-3,5-6,11-12,14H2,1H3,(H,22,27)/t17-/m0/s1. The zero-order valence-electron chi connectivity index (χ0n) is 15.6.